The number of imide groups is 2. The van der Waals surface area contributed by atoms with Crippen molar-refractivity contribution >= 4 is 23.6 Å². The first-order valence-corrected chi connectivity index (χ1v) is 22.5. The molecule has 7 fully saturated rings. The normalized spacial score (nSPS) is 45.2. The van der Waals surface area contributed by atoms with Gasteiger partial charge in [-0.25, -0.2) is 0 Å². The molecule has 59 heavy (non-hydrogen) atoms. The lowest BCUT2D eigenvalue weighted by molar-refractivity contribution is -0.239. The summed E-state index contributed by atoms with van der Waals surface area (Å²) in [5.74, 6) is -7.33. The molecule has 0 aromatic heterocycles. The van der Waals surface area contributed by atoms with E-state index in [2.05, 4.69) is 41.5 Å². The van der Waals surface area contributed by atoms with Crippen molar-refractivity contribution in [3.05, 3.63) is 0 Å². The van der Waals surface area contributed by atoms with Gasteiger partial charge in [0.25, 0.3) is 0 Å². The minimum absolute atomic E-state index is 0.0223. The van der Waals surface area contributed by atoms with Gasteiger partial charge in [-0.15, -0.1) is 0 Å². The summed E-state index contributed by atoms with van der Waals surface area (Å²) < 4.78 is 99.8. The molecule has 2 aliphatic heterocycles. The third-order valence-electron chi connectivity index (χ3n) is 17.0. The molecule has 2 saturated heterocycles. The molecule has 0 bridgehead atoms. The molecule has 14 atom stereocenters. The zero-order valence-corrected chi connectivity index (χ0v) is 36.0. The van der Waals surface area contributed by atoms with Crippen molar-refractivity contribution in [3.8, 4) is 0 Å². The highest BCUT2D eigenvalue weighted by atomic mass is 19.4. The van der Waals surface area contributed by atoms with Gasteiger partial charge in [-0.2, -0.15) is 26.3 Å². The molecule has 14 heteroatoms. The average molecular weight is 845 g/mol. The van der Waals surface area contributed by atoms with Crippen molar-refractivity contribution in [1.82, 2.24) is 9.80 Å². The molecule has 5 saturated carbocycles. The summed E-state index contributed by atoms with van der Waals surface area (Å²) in [4.78, 5) is 54.9. The van der Waals surface area contributed by atoms with E-state index in [1.54, 1.807) is 0 Å². The largest absolute Gasteiger partial charge is 0.394 e. The Morgan fingerprint density at radius 1 is 0.508 bits per heavy atom. The number of carbonyl (C=O) groups excluding carboxylic acids is 4. The van der Waals surface area contributed by atoms with Crippen molar-refractivity contribution in [3.63, 3.8) is 0 Å². The molecule has 0 aromatic carbocycles. The highest BCUT2D eigenvalue weighted by Gasteiger charge is 2.61. The van der Waals surface area contributed by atoms with Gasteiger partial charge < -0.3 is 9.47 Å². The van der Waals surface area contributed by atoms with E-state index in [-0.39, 0.29) is 90.9 Å². The lowest BCUT2D eigenvalue weighted by Gasteiger charge is -2.53. The lowest BCUT2D eigenvalue weighted by Crippen LogP contribution is -2.52. The fraction of sp³-hybridized carbons (Fsp3) is 0.911. The summed E-state index contributed by atoms with van der Waals surface area (Å²) in [5.41, 5.74) is -0.122. The number of amides is 4. The van der Waals surface area contributed by atoms with E-state index in [0.29, 0.717) is 12.3 Å². The average Bonchev–Trinajstić information content (AvgIpc) is 3.52. The third kappa shape index (κ3) is 8.26. The predicted octanol–water partition coefficient (Wildman–Crippen LogP) is 9.24. The van der Waals surface area contributed by atoms with Gasteiger partial charge in [0, 0.05) is 13.1 Å². The standard InChI is InChI=1S/C45H66F6N2O6/c1-21-9-11-35(33(13-21)44(46,47)48)58-37-22(2)14-26(15-23(37)3)43(6,7)27-16-24(4)38(25(5)17-27)59-36-12-10-28(18-34(36)45(49,50)51)53-41(56)31-19-29-30(20-32(31)42(53)57)40(55)52(8)39(29)54/h21-38H,9-20H2,1-8H3. The van der Waals surface area contributed by atoms with E-state index in [0.717, 1.165) is 41.9 Å². The van der Waals surface area contributed by atoms with E-state index in [9.17, 15) is 45.5 Å². The number of alkyl halides is 6. The van der Waals surface area contributed by atoms with Crippen LogP contribution in [0, 0.1) is 82.3 Å². The highest BCUT2D eigenvalue weighted by Crippen LogP contribution is 2.55. The Bertz CT molecular complexity index is 1550. The van der Waals surface area contributed by atoms with Gasteiger partial charge in [-0.1, -0.05) is 48.5 Å². The van der Waals surface area contributed by atoms with E-state index in [1.807, 2.05) is 6.92 Å². The smallest absolute Gasteiger partial charge is 0.374 e. The number of carbonyl (C=O) groups is 4. The van der Waals surface area contributed by atoms with Crippen LogP contribution < -0.4 is 0 Å². The number of ether oxygens (including phenoxy) is 2. The van der Waals surface area contributed by atoms with Crippen molar-refractivity contribution in [2.45, 2.75) is 168 Å². The second-order valence-corrected chi connectivity index (χ2v) is 21.2. The fourth-order valence-corrected chi connectivity index (χ4v) is 13.6. The van der Waals surface area contributed by atoms with Crippen LogP contribution in [0.15, 0.2) is 0 Å². The molecular weight excluding hydrogens is 778 g/mol. The van der Waals surface area contributed by atoms with Crippen LogP contribution in [0.5, 0.6) is 0 Å². The van der Waals surface area contributed by atoms with Crippen LogP contribution in [0.25, 0.3) is 0 Å². The van der Waals surface area contributed by atoms with Gasteiger partial charge in [0.05, 0.1) is 59.9 Å². The molecule has 0 radical (unpaired) electrons. The van der Waals surface area contributed by atoms with Crippen molar-refractivity contribution in [2.24, 2.45) is 82.3 Å². The maximum Gasteiger partial charge on any atom is 0.394 e. The molecule has 14 unspecified atom stereocenters. The maximum absolute atomic E-state index is 14.9. The zero-order valence-electron chi connectivity index (χ0n) is 36.0. The number of halogens is 6. The Kier molecular flexibility index (Phi) is 12.3. The maximum atomic E-state index is 14.9. The SMILES string of the molecule is CC1CCC(OC2C(C)CC(C(C)(C)C3CC(C)C(OC4CCC(N5C(=O)C6CC7C(=O)N(C)C(=O)C7CC6C5=O)CC4C(F)(F)F)C(C)C3)CC2C)C(C(F)(F)F)C1. The number of hydrogen-bond donors (Lipinski definition) is 0. The number of nitrogens with zero attached hydrogens (tertiary/aromatic N) is 2. The monoisotopic (exact) mass is 844 g/mol. The van der Waals surface area contributed by atoms with Crippen LogP contribution in [0.1, 0.15) is 126 Å². The van der Waals surface area contributed by atoms with Crippen LogP contribution in [0.2, 0.25) is 0 Å². The molecule has 7 rings (SSSR count). The van der Waals surface area contributed by atoms with E-state index in [4.69, 9.17) is 9.47 Å². The number of rotatable bonds is 7. The molecule has 7 aliphatic rings. The predicted molar refractivity (Wildman–Crippen MR) is 206 cm³/mol. The molecule has 0 aromatic rings. The van der Waals surface area contributed by atoms with Gasteiger partial charge in [0.2, 0.25) is 23.6 Å². The Labute approximate surface area is 345 Å². The Morgan fingerprint density at radius 3 is 1.29 bits per heavy atom. The first kappa shape index (κ1) is 44.8. The zero-order chi connectivity index (χ0) is 43.3. The Morgan fingerprint density at radius 2 is 0.881 bits per heavy atom. The van der Waals surface area contributed by atoms with Crippen LogP contribution in [-0.2, 0) is 28.7 Å². The quantitative estimate of drug-likeness (QED) is 0.188. The molecule has 5 aliphatic carbocycles. The molecule has 0 spiro atoms. The van der Waals surface area contributed by atoms with Crippen molar-refractivity contribution in [2.75, 3.05) is 7.05 Å². The highest BCUT2D eigenvalue weighted by molar-refractivity contribution is 6.09. The summed E-state index contributed by atoms with van der Waals surface area (Å²) >= 11 is 0. The summed E-state index contributed by atoms with van der Waals surface area (Å²) in [6, 6.07) is -0.935. The molecule has 4 amide bonds. The summed E-state index contributed by atoms with van der Waals surface area (Å²) in [7, 11) is 1.39. The van der Waals surface area contributed by atoms with E-state index in [1.165, 1.54) is 7.05 Å². The summed E-state index contributed by atoms with van der Waals surface area (Å²) in [6.07, 6.45) is -7.06. The molecular formula is C45H66F6N2O6. The van der Waals surface area contributed by atoms with Gasteiger partial charge >= 0.3 is 12.4 Å². The van der Waals surface area contributed by atoms with Gasteiger partial charge in [0.1, 0.15) is 0 Å². The molecule has 334 valence electrons. The minimum Gasteiger partial charge on any atom is -0.374 e. The van der Waals surface area contributed by atoms with Crippen LogP contribution in [-0.4, -0.2) is 83.3 Å². The molecule has 8 nitrogen and oxygen atoms in total. The van der Waals surface area contributed by atoms with E-state index >= 15 is 0 Å². The Hall–Kier alpha value is -2.22. The van der Waals surface area contributed by atoms with Gasteiger partial charge in [-0.3, -0.25) is 29.0 Å². The van der Waals surface area contributed by atoms with Crippen molar-refractivity contribution < 1.29 is 55.0 Å². The molecule has 0 N–H and O–H groups in total. The van der Waals surface area contributed by atoms with E-state index < -0.39 is 90.4 Å². The first-order valence-electron chi connectivity index (χ1n) is 22.5. The summed E-state index contributed by atoms with van der Waals surface area (Å²) in [5, 5.41) is 0. The fourth-order valence-electron chi connectivity index (χ4n) is 13.6. The number of likely N-dealkylation sites (tertiary alicyclic amines) is 2. The van der Waals surface area contributed by atoms with Gasteiger partial charge in [-0.05, 0) is 124 Å². The third-order valence-corrected chi connectivity index (χ3v) is 17.0. The first-order chi connectivity index (χ1) is 27.4. The number of hydrogen-bond acceptors (Lipinski definition) is 6. The van der Waals surface area contributed by atoms with Crippen LogP contribution in [0.4, 0.5) is 26.3 Å². The summed E-state index contributed by atoms with van der Waals surface area (Å²) in [6.45, 7) is 14.8. The molecule has 2 heterocycles. The second kappa shape index (κ2) is 16.2. The van der Waals surface area contributed by atoms with Crippen LogP contribution in [0.3, 0.4) is 0 Å². The topological polar surface area (TPSA) is 93.2 Å². The minimum atomic E-state index is -4.62. The lowest BCUT2D eigenvalue weighted by atomic mass is 9.55. The van der Waals surface area contributed by atoms with Crippen molar-refractivity contribution in [1.29, 1.82) is 0 Å². The second-order valence-electron chi connectivity index (χ2n) is 21.2. The van der Waals surface area contributed by atoms with Crippen LogP contribution >= 0.6 is 0 Å². The Balaban J connectivity index is 0.967. The van der Waals surface area contributed by atoms with Gasteiger partial charge in [0.15, 0.2) is 0 Å². The number of fused-ring (bicyclic) bond motifs is 2.